The Morgan fingerprint density at radius 1 is 1.06 bits per heavy atom. The molecular formula is C24H19BrClN5S. The van der Waals surface area contributed by atoms with Crippen LogP contribution in [0.3, 0.4) is 0 Å². The minimum atomic E-state index is -0.134. The summed E-state index contributed by atoms with van der Waals surface area (Å²) in [6, 6.07) is 19.8. The molecule has 0 amide bonds. The van der Waals surface area contributed by atoms with E-state index in [2.05, 4.69) is 71.9 Å². The summed E-state index contributed by atoms with van der Waals surface area (Å²) in [6.45, 7) is 2.08. The first kappa shape index (κ1) is 21.1. The first-order chi connectivity index (χ1) is 15.5. The van der Waals surface area contributed by atoms with Gasteiger partial charge in [-0.05, 0) is 79.3 Å². The van der Waals surface area contributed by atoms with Crippen LogP contribution in [0.4, 0.5) is 5.69 Å². The van der Waals surface area contributed by atoms with Crippen LogP contribution in [0.1, 0.15) is 29.0 Å². The Bertz CT molecular complexity index is 1280. The maximum atomic E-state index is 6.07. The van der Waals surface area contributed by atoms with Crippen LogP contribution >= 0.6 is 39.7 Å². The van der Waals surface area contributed by atoms with E-state index >= 15 is 0 Å². The van der Waals surface area contributed by atoms with Crippen molar-refractivity contribution in [3.05, 3.63) is 106 Å². The second kappa shape index (κ2) is 8.65. The standard InChI is InChI=1S/C24H19BrClN5S/c1-15-13-17(8-9-18(15)25)31-23(22(29-24(31)32)19-5-2-3-11-27-19)20-6-4-12-30(20)21-10-7-16(26)14-28-21/h2-14,22-23H,1H3,(H,29,32)/t22-,23-/m1/s1. The van der Waals surface area contributed by atoms with E-state index in [0.29, 0.717) is 10.1 Å². The molecule has 1 aliphatic rings. The molecule has 5 rings (SSSR count). The van der Waals surface area contributed by atoms with Gasteiger partial charge >= 0.3 is 0 Å². The third-order valence-electron chi connectivity index (χ3n) is 5.56. The highest BCUT2D eigenvalue weighted by Crippen LogP contribution is 2.42. The SMILES string of the molecule is Cc1cc(N2C(=S)N[C@H](c3ccccn3)[C@H]2c2cccn2-c2ccc(Cl)cn2)ccc1Br. The fourth-order valence-corrected chi connectivity index (χ4v) is 4.77. The molecule has 0 spiro atoms. The molecule has 8 heteroatoms. The van der Waals surface area contributed by atoms with Gasteiger partial charge in [-0.3, -0.25) is 4.98 Å². The Morgan fingerprint density at radius 3 is 2.66 bits per heavy atom. The molecule has 2 atom stereocenters. The lowest BCUT2D eigenvalue weighted by Crippen LogP contribution is -2.30. The molecule has 0 unspecified atom stereocenters. The van der Waals surface area contributed by atoms with Gasteiger partial charge in [-0.25, -0.2) is 4.98 Å². The minimum absolute atomic E-state index is 0.131. The van der Waals surface area contributed by atoms with Crippen molar-refractivity contribution in [1.82, 2.24) is 19.9 Å². The molecule has 0 aliphatic carbocycles. The zero-order valence-electron chi connectivity index (χ0n) is 17.1. The number of aromatic nitrogens is 3. The number of halogens is 2. The van der Waals surface area contributed by atoms with Crippen molar-refractivity contribution in [2.45, 2.75) is 19.0 Å². The number of anilines is 1. The topological polar surface area (TPSA) is 46.0 Å². The van der Waals surface area contributed by atoms with Gasteiger partial charge in [0.2, 0.25) is 0 Å². The van der Waals surface area contributed by atoms with Gasteiger partial charge in [0.25, 0.3) is 0 Å². The molecule has 32 heavy (non-hydrogen) atoms. The van der Waals surface area contributed by atoms with Gasteiger partial charge in [0.15, 0.2) is 5.11 Å². The van der Waals surface area contributed by atoms with Gasteiger partial charge in [0.1, 0.15) is 11.9 Å². The maximum Gasteiger partial charge on any atom is 0.174 e. The highest BCUT2D eigenvalue weighted by Gasteiger charge is 2.42. The molecule has 4 aromatic rings. The number of benzene rings is 1. The molecule has 1 aromatic carbocycles. The van der Waals surface area contributed by atoms with E-state index in [-0.39, 0.29) is 12.1 Å². The highest BCUT2D eigenvalue weighted by molar-refractivity contribution is 9.10. The summed E-state index contributed by atoms with van der Waals surface area (Å²) in [5.41, 5.74) is 4.12. The van der Waals surface area contributed by atoms with E-state index in [4.69, 9.17) is 23.8 Å². The zero-order valence-corrected chi connectivity index (χ0v) is 20.3. The summed E-state index contributed by atoms with van der Waals surface area (Å²) < 4.78 is 3.14. The quantitative estimate of drug-likeness (QED) is 0.324. The number of nitrogens with zero attached hydrogens (tertiary/aromatic N) is 4. The fraction of sp³-hybridized carbons (Fsp3) is 0.125. The summed E-state index contributed by atoms with van der Waals surface area (Å²) in [7, 11) is 0. The second-order valence-corrected chi connectivity index (χ2v) is 9.25. The molecule has 3 aromatic heterocycles. The molecule has 1 fully saturated rings. The first-order valence-corrected chi connectivity index (χ1v) is 11.7. The normalized spacial score (nSPS) is 18.1. The van der Waals surface area contributed by atoms with Crippen molar-refractivity contribution in [2.24, 2.45) is 0 Å². The summed E-state index contributed by atoms with van der Waals surface area (Å²) in [6.07, 6.45) is 5.47. The fourth-order valence-electron chi connectivity index (χ4n) is 4.07. The Morgan fingerprint density at radius 2 is 1.94 bits per heavy atom. The van der Waals surface area contributed by atoms with Crippen molar-refractivity contribution in [3.63, 3.8) is 0 Å². The molecular weight excluding hydrogens is 506 g/mol. The predicted molar refractivity (Wildman–Crippen MR) is 135 cm³/mol. The third-order valence-corrected chi connectivity index (χ3v) is 6.99. The van der Waals surface area contributed by atoms with Crippen LogP contribution in [-0.4, -0.2) is 19.6 Å². The van der Waals surface area contributed by atoms with Crippen molar-refractivity contribution in [3.8, 4) is 5.82 Å². The average Bonchev–Trinajstić information content (AvgIpc) is 3.41. The maximum absolute atomic E-state index is 6.07. The zero-order chi connectivity index (χ0) is 22.2. The average molecular weight is 525 g/mol. The molecule has 0 bridgehead atoms. The summed E-state index contributed by atoms with van der Waals surface area (Å²) >= 11 is 15.5. The van der Waals surface area contributed by atoms with Crippen LogP contribution < -0.4 is 10.2 Å². The van der Waals surface area contributed by atoms with Gasteiger partial charge < -0.3 is 14.8 Å². The Kier molecular flexibility index (Phi) is 5.71. The first-order valence-electron chi connectivity index (χ1n) is 10.1. The van der Waals surface area contributed by atoms with Gasteiger partial charge in [-0.1, -0.05) is 33.6 Å². The third kappa shape index (κ3) is 3.81. The van der Waals surface area contributed by atoms with Crippen molar-refractivity contribution >= 4 is 50.5 Å². The van der Waals surface area contributed by atoms with Crippen LogP contribution in [0, 0.1) is 6.92 Å². The van der Waals surface area contributed by atoms with Crippen LogP contribution in [0.2, 0.25) is 5.02 Å². The molecule has 160 valence electrons. The van der Waals surface area contributed by atoms with Crippen molar-refractivity contribution in [2.75, 3.05) is 4.90 Å². The van der Waals surface area contributed by atoms with E-state index in [1.165, 1.54) is 0 Å². The van der Waals surface area contributed by atoms with Crippen LogP contribution in [0.5, 0.6) is 0 Å². The van der Waals surface area contributed by atoms with Crippen LogP contribution in [-0.2, 0) is 0 Å². The van der Waals surface area contributed by atoms with E-state index in [0.717, 1.165) is 32.9 Å². The van der Waals surface area contributed by atoms with Gasteiger partial charge in [-0.15, -0.1) is 0 Å². The lowest BCUT2D eigenvalue weighted by molar-refractivity contribution is 0.548. The smallest absolute Gasteiger partial charge is 0.174 e. The number of rotatable bonds is 4. The van der Waals surface area contributed by atoms with Gasteiger partial charge in [-0.2, -0.15) is 0 Å². The Hall–Kier alpha value is -2.74. The summed E-state index contributed by atoms with van der Waals surface area (Å²) in [5.74, 6) is 0.791. The van der Waals surface area contributed by atoms with Gasteiger partial charge in [0.05, 0.1) is 16.8 Å². The molecule has 0 saturated carbocycles. The Balaban J connectivity index is 1.67. The number of hydrogen-bond acceptors (Lipinski definition) is 3. The molecule has 1 aliphatic heterocycles. The van der Waals surface area contributed by atoms with Crippen LogP contribution in [0.15, 0.2) is 83.7 Å². The number of nitrogens with one attached hydrogen (secondary N) is 1. The largest absolute Gasteiger partial charge is 0.351 e. The van der Waals surface area contributed by atoms with E-state index in [1.54, 1.807) is 6.20 Å². The minimum Gasteiger partial charge on any atom is -0.351 e. The molecule has 1 saturated heterocycles. The second-order valence-electron chi connectivity index (χ2n) is 7.57. The van der Waals surface area contributed by atoms with E-state index in [1.807, 2.05) is 48.8 Å². The Labute approximate surface area is 205 Å². The molecule has 1 N–H and O–H groups in total. The van der Waals surface area contributed by atoms with Gasteiger partial charge in [0, 0.05) is 34.4 Å². The number of aryl methyl sites for hydroxylation is 1. The van der Waals surface area contributed by atoms with E-state index < -0.39 is 0 Å². The molecule has 0 radical (unpaired) electrons. The predicted octanol–water partition coefficient (Wildman–Crippen LogP) is 6.17. The highest BCUT2D eigenvalue weighted by atomic mass is 79.9. The van der Waals surface area contributed by atoms with Crippen molar-refractivity contribution < 1.29 is 0 Å². The lowest BCUT2D eigenvalue weighted by atomic mass is 10.0. The number of hydrogen-bond donors (Lipinski definition) is 1. The van der Waals surface area contributed by atoms with E-state index in [9.17, 15) is 0 Å². The summed E-state index contributed by atoms with van der Waals surface area (Å²) in [4.78, 5) is 11.3. The monoisotopic (exact) mass is 523 g/mol. The summed E-state index contributed by atoms with van der Waals surface area (Å²) in [5, 5.41) is 4.77. The number of pyridine rings is 2. The molecule has 5 nitrogen and oxygen atoms in total. The van der Waals surface area contributed by atoms with Crippen molar-refractivity contribution in [1.29, 1.82) is 0 Å². The molecule has 4 heterocycles. The lowest BCUT2D eigenvalue weighted by Gasteiger charge is -2.29. The van der Waals surface area contributed by atoms with Crippen LogP contribution in [0.25, 0.3) is 5.82 Å². The number of thiocarbonyl (C=S) groups is 1.